The molecule has 1 heterocycles. The highest BCUT2D eigenvalue weighted by molar-refractivity contribution is 6.62. The van der Waals surface area contributed by atoms with E-state index in [2.05, 4.69) is 53.6 Å². The van der Waals surface area contributed by atoms with Crippen LogP contribution in [0.2, 0.25) is 0 Å². The van der Waals surface area contributed by atoms with Gasteiger partial charge in [-0.1, -0.05) is 62.3 Å². The van der Waals surface area contributed by atoms with E-state index in [-0.39, 0.29) is 11.1 Å². The Bertz CT molecular complexity index is 260. The molecule has 1 rings (SSSR count). The molecule has 0 aromatic carbocycles. The van der Waals surface area contributed by atoms with Crippen LogP contribution in [0.5, 0.6) is 0 Å². The maximum atomic E-state index is 9.96. The van der Waals surface area contributed by atoms with E-state index in [4.69, 9.17) is 6.11 Å². The molecule has 1 saturated heterocycles. The monoisotopic (exact) mass is 525 g/mol. The Morgan fingerprint density at radius 1 is 0.912 bits per heavy atom. The number of rotatable bonds is 3. The zero-order chi connectivity index (χ0) is 30.5. The van der Waals surface area contributed by atoms with E-state index < -0.39 is 7.15 Å². The lowest BCUT2D eigenvalue weighted by atomic mass is 10.4. The maximum Gasteiger partial charge on any atom is 0.218 e. The summed E-state index contributed by atoms with van der Waals surface area (Å²) < 4.78 is 20.4. The predicted octanol–water partition coefficient (Wildman–Crippen LogP) is 5.74. The first-order valence-corrected chi connectivity index (χ1v) is 12.7. The summed E-state index contributed by atoms with van der Waals surface area (Å²) in [5.74, 6) is 0.00463. The number of hydrogen-bond donors (Lipinski definition) is 3. The highest BCUT2D eigenvalue weighted by atomic mass is 35.5. The average molecular weight is 526 g/mol. The number of ether oxygens (including phenoxy) is 1. The van der Waals surface area contributed by atoms with Gasteiger partial charge in [-0.25, -0.2) is 0 Å². The van der Waals surface area contributed by atoms with Crippen LogP contribution in [0.15, 0.2) is 0 Å². The van der Waals surface area contributed by atoms with Crippen molar-refractivity contribution in [3.8, 4) is 0 Å². The summed E-state index contributed by atoms with van der Waals surface area (Å²) in [6.45, 7) is 26.9. The molecule has 4 N–H and O–H groups in total. The average Bonchev–Trinajstić information content (AvgIpc) is 3.47. The summed E-state index contributed by atoms with van der Waals surface area (Å²) in [7, 11) is 5.85. The molecule has 0 spiro atoms. The first-order chi connectivity index (χ1) is 16.7. The third-order valence-electron chi connectivity index (χ3n) is 2.52. The molecule has 0 aromatic rings. The molecule has 34 heavy (non-hydrogen) atoms. The van der Waals surface area contributed by atoms with Crippen molar-refractivity contribution >= 4 is 22.8 Å². The van der Waals surface area contributed by atoms with E-state index in [1.54, 1.807) is 7.05 Å². The molecule has 1 aliphatic heterocycles. The van der Waals surface area contributed by atoms with E-state index in [9.17, 15) is 14.0 Å². The first-order valence-electron chi connectivity index (χ1n) is 13.0. The summed E-state index contributed by atoms with van der Waals surface area (Å²) in [5.41, 5.74) is 4.50. The number of hydrogen-bond acceptors (Lipinski definition) is 6. The fourth-order valence-corrected chi connectivity index (χ4v) is 1.18. The minimum Gasteiger partial charge on any atom is -0.381 e. The Kier molecular flexibility index (Phi) is 151. The topological polar surface area (TPSA) is 96.7 Å². The molecule has 218 valence electrons. The van der Waals surface area contributed by atoms with Gasteiger partial charge >= 0.3 is 0 Å². The number of carbonyl (C=O) groups excluding carboxylic acids is 2. The minimum absolute atomic E-state index is 0.00463. The smallest absolute Gasteiger partial charge is 0.218 e. The summed E-state index contributed by atoms with van der Waals surface area (Å²) in [5, 5.41) is 4.78. The van der Waals surface area contributed by atoms with Crippen molar-refractivity contribution in [2.24, 2.45) is 5.73 Å². The largest absolute Gasteiger partial charge is 0.381 e. The number of carbonyl (C=O) groups is 2. The standard InChI is InChI=1S/C6H15N.C4H8O.C3H7NO.C2H3ClO.C2H7N.3C2H6.CH3F.CH5N/c1-4-7(5-2)6-3;1-2-4-5-3-1;1-3(5)4-2;1-2(3)4;1-3-2;5*1-2/h4-6H2,1-3H3;1-4H2;1-2H3,(H,4,5);1H3;3H,1-2H3;3*1-2H3;1H3;2H2,1H3/i;;;;;;;;1D;. The summed E-state index contributed by atoms with van der Waals surface area (Å²) in [4.78, 5) is 21.3. The van der Waals surface area contributed by atoms with E-state index in [0.29, 0.717) is 0 Å². The third-order valence-corrected chi connectivity index (χ3v) is 2.52. The first kappa shape index (κ1) is 54.2. The van der Waals surface area contributed by atoms with E-state index in [0.717, 1.165) is 13.2 Å². The second kappa shape index (κ2) is 94.6. The maximum absolute atomic E-state index is 9.96. The molecule has 1 fully saturated rings. The molecule has 1 aliphatic rings. The number of nitrogens with zero attached hydrogens (tertiary/aromatic N) is 1. The highest BCUT2D eigenvalue weighted by Gasteiger charge is 1.94. The lowest BCUT2D eigenvalue weighted by Crippen LogP contribution is -2.21. The molecule has 7 nitrogen and oxygen atoms in total. The zero-order valence-electron chi connectivity index (χ0n) is 26.7. The summed E-state index contributed by atoms with van der Waals surface area (Å²) in [6.07, 6.45) is 2.56. The van der Waals surface area contributed by atoms with Crippen LogP contribution in [0.25, 0.3) is 0 Å². The Morgan fingerprint density at radius 2 is 1.09 bits per heavy atom. The summed E-state index contributed by atoms with van der Waals surface area (Å²) in [6, 6.07) is 0. The normalized spacial score (nSPS) is 9.21. The van der Waals surface area contributed by atoms with Gasteiger partial charge in [0.25, 0.3) is 0 Å². The number of alkyl halides is 1. The van der Waals surface area contributed by atoms with Crippen LogP contribution in [0.4, 0.5) is 4.39 Å². The number of nitrogens with two attached hydrogens (primary N) is 1. The van der Waals surface area contributed by atoms with Gasteiger partial charge in [0.05, 0.1) is 8.52 Å². The van der Waals surface area contributed by atoms with Gasteiger partial charge in [-0.05, 0) is 65.2 Å². The second-order valence-corrected chi connectivity index (χ2v) is 5.25. The van der Waals surface area contributed by atoms with E-state index >= 15 is 0 Å². The Balaban J connectivity index is -0.0000000318. The van der Waals surface area contributed by atoms with Crippen LogP contribution in [0.1, 0.15) is 90.4 Å². The van der Waals surface area contributed by atoms with Crippen molar-refractivity contribution in [2.75, 3.05) is 68.2 Å². The second-order valence-electron chi connectivity index (χ2n) is 4.72. The SMILES string of the molecule is C1CCOC1.CC.CC.CC.CC(=O)Cl.CCN(CC)CC.CN.CNC.CNC(C)=O.[2H]CF. The molecular formula is C25H66ClFN4O3. The van der Waals surface area contributed by atoms with Crippen LogP contribution in [0, 0.1) is 0 Å². The van der Waals surface area contributed by atoms with Crippen molar-refractivity contribution in [3.63, 3.8) is 0 Å². The van der Waals surface area contributed by atoms with Gasteiger partial charge in [-0.2, -0.15) is 0 Å². The van der Waals surface area contributed by atoms with Crippen LogP contribution in [0.3, 0.4) is 0 Å². The number of nitrogens with one attached hydrogen (secondary N) is 2. The summed E-state index contributed by atoms with van der Waals surface area (Å²) >= 11 is 4.64. The van der Waals surface area contributed by atoms with Gasteiger partial charge < -0.3 is 26.0 Å². The molecule has 1 amide bonds. The van der Waals surface area contributed by atoms with Gasteiger partial charge in [-0.3, -0.25) is 14.0 Å². The molecule has 0 radical (unpaired) electrons. The van der Waals surface area contributed by atoms with Gasteiger partial charge in [-0.15, -0.1) is 0 Å². The number of halogens is 2. The molecule has 0 atom stereocenters. The fraction of sp³-hybridized carbons (Fsp3) is 0.920. The van der Waals surface area contributed by atoms with Gasteiger partial charge in [0.1, 0.15) is 0 Å². The van der Waals surface area contributed by atoms with Crippen LogP contribution < -0.4 is 16.4 Å². The molecule has 0 unspecified atom stereocenters. The molecule has 0 saturated carbocycles. The van der Waals surface area contributed by atoms with Crippen molar-refractivity contribution < 1.29 is 20.1 Å². The molecule has 0 aromatic heterocycles. The number of amides is 1. The minimum atomic E-state index is -1.00. The van der Waals surface area contributed by atoms with Crippen LogP contribution >= 0.6 is 11.6 Å². The quantitative estimate of drug-likeness (QED) is 0.406. The van der Waals surface area contributed by atoms with Gasteiger partial charge in [0.15, 0.2) is 0 Å². The Morgan fingerprint density at radius 3 is 1.12 bits per heavy atom. The van der Waals surface area contributed by atoms with E-state index in [1.165, 1.54) is 53.4 Å². The van der Waals surface area contributed by atoms with E-state index in [1.807, 2.05) is 55.6 Å². The van der Waals surface area contributed by atoms with Gasteiger partial charge in [0.2, 0.25) is 11.1 Å². The lowest BCUT2D eigenvalue weighted by molar-refractivity contribution is -0.118. The Labute approximate surface area is 221 Å². The molecule has 9 heteroatoms. The molecule has 0 aliphatic carbocycles. The van der Waals surface area contributed by atoms with Crippen molar-refractivity contribution in [1.29, 1.82) is 0 Å². The fourth-order valence-electron chi connectivity index (χ4n) is 1.18. The predicted molar refractivity (Wildman–Crippen MR) is 156 cm³/mol. The Hall–Kier alpha value is -0.800. The highest BCUT2D eigenvalue weighted by Crippen LogP contribution is 1.98. The van der Waals surface area contributed by atoms with Crippen LogP contribution in [-0.4, -0.2) is 84.2 Å². The van der Waals surface area contributed by atoms with Crippen molar-refractivity contribution in [1.82, 2.24) is 15.5 Å². The molecular weight excluding hydrogens is 459 g/mol. The van der Waals surface area contributed by atoms with Crippen molar-refractivity contribution in [2.45, 2.75) is 89.0 Å². The lowest BCUT2D eigenvalue weighted by Gasteiger charge is -2.13. The van der Waals surface area contributed by atoms with Crippen molar-refractivity contribution in [3.05, 3.63) is 0 Å². The van der Waals surface area contributed by atoms with Gasteiger partial charge in [0, 0.05) is 34.1 Å². The molecule has 0 bridgehead atoms. The van der Waals surface area contributed by atoms with Crippen LogP contribution in [-0.2, 0) is 14.3 Å². The zero-order valence-corrected chi connectivity index (χ0v) is 26.4. The third kappa shape index (κ3) is 191.